The summed E-state index contributed by atoms with van der Waals surface area (Å²) in [5, 5.41) is 11.2. The fraction of sp³-hybridized carbons (Fsp3) is 0.286. The monoisotopic (exact) mass is 413 g/mol. The van der Waals surface area contributed by atoms with E-state index >= 15 is 0 Å². The predicted octanol–water partition coefficient (Wildman–Crippen LogP) is 4.57. The summed E-state index contributed by atoms with van der Waals surface area (Å²) in [5.74, 6) is 1.60. The van der Waals surface area contributed by atoms with Gasteiger partial charge in [-0.05, 0) is 45.0 Å². The van der Waals surface area contributed by atoms with Gasteiger partial charge in [-0.1, -0.05) is 29.5 Å². The SMILES string of the molecule is CCOc1ccc(OCC)c(NC(=O)CSc2nnc(-c3ccc(C)cc3)o2)c1. The van der Waals surface area contributed by atoms with Gasteiger partial charge in [0.1, 0.15) is 11.5 Å². The van der Waals surface area contributed by atoms with Crippen molar-refractivity contribution in [1.29, 1.82) is 0 Å². The van der Waals surface area contributed by atoms with E-state index in [1.165, 1.54) is 11.8 Å². The number of hydrogen-bond acceptors (Lipinski definition) is 7. The Morgan fingerprint density at radius 3 is 2.55 bits per heavy atom. The second kappa shape index (κ2) is 9.97. The molecule has 0 fully saturated rings. The Labute approximate surface area is 173 Å². The van der Waals surface area contributed by atoms with Crippen molar-refractivity contribution < 1.29 is 18.7 Å². The van der Waals surface area contributed by atoms with Crippen LogP contribution in [-0.2, 0) is 4.79 Å². The van der Waals surface area contributed by atoms with Crippen LogP contribution in [0, 0.1) is 6.92 Å². The molecule has 7 nitrogen and oxygen atoms in total. The first-order valence-corrected chi connectivity index (χ1v) is 10.3. The molecule has 1 aromatic heterocycles. The average Bonchev–Trinajstić information content (AvgIpc) is 3.18. The van der Waals surface area contributed by atoms with Crippen LogP contribution >= 0.6 is 11.8 Å². The van der Waals surface area contributed by atoms with E-state index < -0.39 is 0 Å². The van der Waals surface area contributed by atoms with Crippen molar-refractivity contribution in [3.05, 3.63) is 48.0 Å². The van der Waals surface area contributed by atoms with E-state index in [1.54, 1.807) is 12.1 Å². The lowest BCUT2D eigenvalue weighted by atomic mass is 10.1. The van der Waals surface area contributed by atoms with Crippen LogP contribution < -0.4 is 14.8 Å². The fourth-order valence-corrected chi connectivity index (χ4v) is 3.10. The first kappa shape index (κ1) is 20.7. The predicted molar refractivity (Wildman–Crippen MR) is 113 cm³/mol. The number of aromatic nitrogens is 2. The van der Waals surface area contributed by atoms with E-state index in [0.717, 1.165) is 11.1 Å². The quantitative estimate of drug-likeness (QED) is 0.514. The van der Waals surface area contributed by atoms with Crippen LogP contribution in [0.4, 0.5) is 5.69 Å². The molecule has 0 bridgehead atoms. The topological polar surface area (TPSA) is 86.5 Å². The minimum absolute atomic E-state index is 0.125. The Hall–Kier alpha value is -3.00. The number of carbonyl (C=O) groups is 1. The Kier molecular flexibility index (Phi) is 7.13. The van der Waals surface area contributed by atoms with Crippen LogP contribution in [0.3, 0.4) is 0 Å². The van der Waals surface area contributed by atoms with E-state index in [0.29, 0.717) is 41.5 Å². The van der Waals surface area contributed by atoms with E-state index in [9.17, 15) is 4.79 Å². The van der Waals surface area contributed by atoms with Gasteiger partial charge in [0.15, 0.2) is 0 Å². The molecule has 0 aliphatic heterocycles. The molecule has 0 saturated carbocycles. The van der Waals surface area contributed by atoms with Crippen LogP contribution in [0.2, 0.25) is 0 Å². The highest BCUT2D eigenvalue weighted by Crippen LogP contribution is 2.30. The number of benzene rings is 2. The lowest BCUT2D eigenvalue weighted by molar-refractivity contribution is -0.113. The van der Waals surface area contributed by atoms with Crippen LogP contribution in [0.1, 0.15) is 19.4 Å². The highest BCUT2D eigenvalue weighted by Gasteiger charge is 2.13. The van der Waals surface area contributed by atoms with Gasteiger partial charge in [0.25, 0.3) is 5.22 Å². The summed E-state index contributed by atoms with van der Waals surface area (Å²) in [6.45, 7) is 6.84. The molecule has 29 heavy (non-hydrogen) atoms. The van der Waals surface area contributed by atoms with Crippen LogP contribution in [0.15, 0.2) is 52.1 Å². The zero-order valence-corrected chi connectivity index (χ0v) is 17.4. The molecule has 0 aliphatic carbocycles. The maximum Gasteiger partial charge on any atom is 0.277 e. The van der Waals surface area contributed by atoms with E-state index in [4.69, 9.17) is 13.9 Å². The minimum Gasteiger partial charge on any atom is -0.494 e. The van der Waals surface area contributed by atoms with Gasteiger partial charge in [-0.3, -0.25) is 4.79 Å². The van der Waals surface area contributed by atoms with Gasteiger partial charge in [-0.2, -0.15) is 0 Å². The van der Waals surface area contributed by atoms with Gasteiger partial charge in [-0.15, -0.1) is 10.2 Å². The first-order valence-electron chi connectivity index (χ1n) is 9.32. The lowest BCUT2D eigenvalue weighted by Gasteiger charge is -2.13. The Morgan fingerprint density at radius 2 is 1.83 bits per heavy atom. The Bertz CT molecular complexity index is 957. The standard InChI is InChI=1S/C21H23N3O4S/c1-4-26-16-10-11-18(27-5-2)17(12-16)22-19(25)13-29-21-24-23-20(28-21)15-8-6-14(3)7-9-15/h6-12H,4-5,13H2,1-3H3,(H,22,25). The molecule has 0 unspecified atom stereocenters. The zero-order chi connectivity index (χ0) is 20.6. The molecule has 0 atom stereocenters. The third-order valence-electron chi connectivity index (χ3n) is 3.87. The first-order chi connectivity index (χ1) is 14.1. The largest absolute Gasteiger partial charge is 0.494 e. The summed E-state index contributed by atoms with van der Waals surface area (Å²) in [4.78, 5) is 12.4. The third-order valence-corrected chi connectivity index (χ3v) is 4.69. The van der Waals surface area contributed by atoms with Gasteiger partial charge < -0.3 is 19.2 Å². The van der Waals surface area contributed by atoms with Crippen molar-refractivity contribution in [2.45, 2.75) is 26.0 Å². The summed E-state index contributed by atoms with van der Waals surface area (Å²) >= 11 is 1.18. The number of thioether (sulfide) groups is 1. The molecule has 3 rings (SSSR count). The van der Waals surface area contributed by atoms with Gasteiger partial charge in [0.2, 0.25) is 11.8 Å². The lowest BCUT2D eigenvalue weighted by Crippen LogP contribution is -2.15. The molecule has 0 aliphatic rings. The maximum absolute atomic E-state index is 12.4. The van der Waals surface area contributed by atoms with E-state index in [-0.39, 0.29) is 11.7 Å². The number of aryl methyl sites for hydroxylation is 1. The summed E-state index contributed by atoms with van der Waals surface area (Å²) in [7, 11) is 0. The van der Waals surface area contributed by atoms with Crippen molar-refractivity contribution in [3.63, 3.8) is 0 Å². The fourth-order valence-electron chi connectivity index (χ4n) is 2.54. The molecule has 1 amide bonds. The number of nitrogens with zero attached hydrogens (tertiary/aromatic N) is 2. The summed E-state index contributed by atoms with van der Waals surface area (Å²) in [5.41, 5.74) is 2.56. The number of nitrogens with one attached hydrogen (secondary N) is 1. The molecule has 0 radical (unpaired) electrons. The maximum atomic E-state index is 12.4. The van der Waals surface area contributed by atoms with Gasteiger partial charge in [0, 0.05) is 11.6 Å². The molecule has 1 heterocycles. The number of ether oxygens (including phenoxy) is 2. The summed E-state index contributed by atoms with van der Waals surface area (Å²) in [6.07, 6.45) is 0. The molecular weight excluding hydrogens is 390 g/mol. The summed E-state index contributed by atoms with van der Waals surface area (Å²) in [6, 6.07) is 13.1. The van der Waals surface area contributed by atoms with Crippen molar-refractivity contribution in [2.24, 2.45) is 0 Å². The van der Waals surface area contributed by atoms with Crippen molar-refractivity contribution >= 4 is 23.4 Å². The Morgan fingerprint density at radius 1 is 1.07 bits per heavy atom. The van der Waals surface area contributed by atoms with Crippen molar-refractivity contribution in [3.8, 4) is 23.0 Å². The Balaban J connectivity index is 1.61. The molecule has 2 aromatic carbocycles. The number of rotatable bonds is 9. The highest BCUT2D eigenvalue weighted by molar-refractivity contribution is 7.99. The smallest absolute Gasteiger partial charge is 0.277 e. The number of carbonyl (C=O) groups excluding carboxylic acids is 1. The normalized spacial score (nSPS) is 10.6. The van der Waals surface area contributed by atoms with Gasteiger partial charge in [0.05, 0.1) is 24.7 Å². The average molecular weight is 413 g/mol. The molecule has 0 saturated heterocycles. The number of anilines is 1. The molecule has 0 spiro atoms. The van der Waals surface area contributed by atoms with Crippen LogP contribution in [0.5, 0.6) is 11.5 Å². The van der Waals surface area contributed by atoms with Gasteiger partial charge >= 0.3 is 0 Å². The highest BCUT2D eigenvalue weighted by atomic mass is 32.2. The second-order valence-corrected chi connectivity index (χ2v) is 7.03. The molecular formula is C21H23N3O4S. The van der Waals surface area contributed by atoms with Crippen LogP contribution in [0.25, 0.3) is 11.5 Å². The third kappa shape index (κ3) is 5.74. The molecule has 1 N–H and O–H groups in total. The van der Waals surface area contributed by atoms with Crippen LogP contribution in [-0.4, -0.2) is 35.1 Å². The van der Waals surface area contributed by atoms with E-state index in [2.05, 4.69) is 15.5 Å². The number of amides is 1. The summed E-state index contributed by atoms with van der Waals surface area (Å²) < 4.78 is 16.7. The van der Waals surface area contributed by atoms with E-state index in [1.807, 2.05) is 51.1 Å². The number of hydrogen-bond donors (Lipinski definition) is 1. The zero-order valence-electron chi connectivity index (χ0n) is 16.6. The van der Waals surface area contributed by atoms with Crippen molar-refractivity contribution in [2.75, 3.05) is 24.3 Å². The van der Waals surface area contributed by atoms with Crippen molar-refractivity contribution in [1.82, 2.24) is 10.2 Å². The molecule has 8 heteroatoms. The molecule has 152 valence electrons. The second-order valence-electron chi connectivity index (χ2n) is 6.10. The molecule has 3 aromatic rings. The minimum atomic E-state index is -0.209. The van der Waals surface area contributed by atoms with Gasteiger partial charge in [-0.25, -0.2) is 0 Å².